The summed E-state index contributed by atoms with van der Waals surface area (Å²) in [7, 11) is 0. The zero-order chi connectivity index (χ0) is 27.8. The lowest BCUT2D eigenvalue weighted by Gasteiger charge is -2.16. The molecule has 38 heavy (non-hydrogen) atoms. The zero-order valence-corrected chi connectivity index (χ0v) is 22.7. The Kier molecular flexibility index (Phi) is 13.7. The summed E-state index contributed by atoms with van der Waals surface area (Å²) < 4.78 is 21.7. The molecule has 0 aliphatic heterocycles. The fourth-order valence-corrected chi connectivity index (χ4v) is 3.55. The van der Waals surface area contributed by atoms with Crippen molar-refractivity contribution in [1.29, 1.82) is 0 Å². The molecule has 0 heterocycles. The molecule has 1 aliphatic carbocycles. The molecule has 1 aromatic carbocycles. The number of esters is 2. The van der Waals surface area contributed by atoms with Gasteiger partial charge in [-0.05, 0) is 95.2 Å². The van der Waals surface area contributed by atoms with E-state index in [4.69, 9.17) is 18.9 Å². The molecule has 2 rings (SSSR count). The molecule has 0 saturated carbocycles. The van der Waals surface area contributed by atoms with Crippen molar-refractivity contribution in [3.05, 3.63) is 78.1 Å². The first-order valence-corrected chi connectivity index (χ1v) is 13.2. The first kappa shape index (κ1) is 30.6. The SMILES string of the molecule is C=C(C)C(=O)OCCCCCOC1=CCC(C(=O)c2ccc(OCCCCCOC(=O)C(=C)C)cc2)C=C1. The van der Waals surface area contributed by atoms with E-state index in [0.717, 1.165) is 50.0 Å². The van der Waals surface area contributed by atoms with Gasteiger partial charge < -0.3 is 18.9 Å². The van der Waals surface area contributed by atoms with Crippen LogP contribution in [0, 0.1) is 5.92 Å². The van der Waals surface area contributed by atoms with Gasteiger partial charge in [0.05, 0.1) is 26.4 Å². The molecule has 0 spiro atoms. The Morgan fingerprint density at radius 2 is 1.29 bits per heavy atom. The number of ketones is 1. The molecule has 0 amide bonds. The molecule has 0 radical (unpaired) electrons. The number of carbonyl (C=O) groups excluding carboxylic acids is 3. The Balaban J connectivity index is 1.59. The number of carbonyl (C=O) groups is 3. The predicted molar refractivity (Wildman–Crippen MR) is 147 cm³/mol. The molecule has 7 nitrogen and oxygen atoms in total. The van der Waals surface area contributed by atoms with E-state index in [2.05, 4.69) is 13.2 Å². The number of benzene rings is 1. The largest absolute Gasteiger partial charge is 0.494 e. The minimum absolute atomic E-state index is 0.0664. The minimum Gasteiger partial charge on any atom is -0.494 e. The Bertz CT molecular complexity index is 1020. The third kappa shape index (κ3) is 11.6. The Morgan fingerprint density at radius 1 is 0.763 bits per heavy atom. The average Bonchev–Trinajstić information content (AvgIpc) is 2.91. The lowest BCUT2D eigenvalue weighted by atomic mass is 9.91. The van der Waals surface area contributed by atoms with Crippen LogP contribution in [0.1, 0.15) is 69.2 Å². The second kappa shape index (κ2) is 17.0. The molecule has 0 fully saturated rings. The summed E-state index contributed by atoms with van der Waals surface area (Å²) in [5.74, 6) is 0.650. The van der Waals surface area contributed by atoms with Crippen LogP contribution in [0.25, 0.3) is 0 Å². The van der Waals surface area contributed by atoms with Crippen LogP contribution in [-0.2, 0) is 23.8 Å². The minimum atomic E-state index is -0.353. The summed E-state index contributed by atoms with van der Waals surface area (Å²) in [6, 6.07) is 7.23. The van der Waals surface area contributed by atoms with Gasteiger partial charge in [-0.1, -0.05) is 19.2 Å². The maximum atomic E-state index is 12.9. The number of hydrogen-bond acceptors (Lipinski definition) is 7. The van der Waals surface area contributed by atoms with E-state index < -0.39 is 0 Å². The number of ether oxygens (including phenoxy) is 4. The van der Waals surface area contributed by atoms with Crippen LogP contribution in [-0.4, -0.2) is 44.1 Å². The van der Waals surface area contributed by atoms with Gasteiger partial charge in [-0.15, -0.1) is 0 Å². The number of Topliss-reactive ketones (excluding diaryl/α,β-unsaturated/α-hetero) is 1. The Morgan fingerprint density at radius 3 is 1.79 bits per heavy atom. The van der Waals surface area contributed by atoms with Gasteiger partial charge in [0.1, 0.15) is 11.5 Å². The zero-order valence-electron chi connectivity index (χ0n) is 22.7. The Labute approximate surface area is 226 Å². The molecule has 0 bridgehead atoms. The molecule has 1 unspecified atom stereocenters. The van der Waals surface area contributed by atoms with E-state index in [9.17, 15) is 14.4 Å². The van der Waals surface area contributed by atoms with Crippen LogP contribution in [0.2, 0.25) is 0 Å². The van der Waals surface area contributed by atoms with Gasteiger partial charge in [0.25, 0.3) is 0 Å². The summed E-state index contributed by atoms with van der Waals surface area (Å²) in [6.07, 6.45) is 11.4. The van der Waals surface area contributed by atoms with Crippen LogP contribution in [0.4, 0.5) is 0 Å². The van der Waals surface area contributed by atoms with E-state index in [-0.39, 0.29) is 23.6 Å². The highest BCUT2D eigenvalue weighted by Gasteiger charge is 2.19. The van der Waals surface area contributed by atoms with E-state index in [1.54, 1.807) is 26.0 Å². The molecule has 1 aromatic rings. The third-order valence-electron chi connectivity index (χ3n) is 5.82. The van der Waals surface area contributed by atoms with E-state index in [1.807, 2.05) is 30.4 Å². The highest BCUT2D eigenvalue weighted by molar-refractivity contribution is 5.99. The monoisotopic (exact) mass is 524 g/mol. The summed E-state index contributed by atoms with van der Waals surface area (Å²) in [5.41, 5.74) is 1.47. The maximum absolute atomic E-state index is 12.9. The third-order valence-corrected chi connectivity index (χ3v) is 5.82. The lowest BCUT2D eigenvalue weighted by molar-refractivity contribution is -0.139. The van der Waals surface area contributed by atoms with Gasteiger partial charge in [0.15, 0.2) is 5.78 Å². The maximum Gasteiger partial charge on any atom is 0.333 e. The number of unbranched alkanes of at least 4 members (excludes halogenated alkanes) is 4. The number of hydrogen-bond donors (Lipinski definition) is 0. The fraction of sp³-hybridized carbons (Fsp3) is 0.452. The van der Waals surface area contributed by atoms with Crippen LogP contribution < -0.4 is 4.74 Å². The van der Waals surface area contributed by atoms with Gasteiger partial charge in [-0.3, -0.25) is 4.79 Å². The molecule has 0 saturated heterocycles. The topological polar surface area (TPSA) is 88.1 Å². The van der Waals surface area contributed by atoms with Gasteiger partial charge in [0.2, 0.25) is 0 Å². The first-order chi connectivity index (χ1) is 18.3. The van der Waals surface area contributed by atoms with Crippen molar-refractivity contribution < 1.29 is 33.3 Å². The second-order valence-corrected chi connectivity index (χ2v) is 9.35. The van der Waals surface area contributed by atoms with Crippen LogP contribution in [0.3, 0.4) is 0 Å². The molecular formula is C31H40O7. The van der Waals surface area contributed by atoms with Crippen LogP contribution >= 0.6 is 0 Å². The lowest BCUT2D eigenvalue weighted by Crippen LogP contribution is -2.14. The molecule has 0 N–H and O–H groups in total. The Hall–Kier alpha value is -3.61. The number of rotatable bonds is 18. The summed E-state index contributed by atoms with van der Waals surface area (Å²) >= 11 is 0. The fourth-order valence-electron chi connectivity index (χ4n) is 3.55. The van der Waals surface area contributed by atoms with Crippen molar-refractivity contribution in [3.63, 3.8) is 0 Å². The normalized spacial score (nSPS) is 14.3. The molecule has 1 aliphatic rings. The van der Waals surface area contributed by atoms with Gasteiger partial charge in [0, 0.05) is 22.6 Å². The van der Waals surface area contributed by atoms with Crippen molar-refractivity contribution in [1.82, 2.24) is 0 Å². The average molecular weight is 525 g/mol. The highest BCUT2D eigenvalue weighted by Crippen LogP contribution is 2.23. The van der Waals surface area contributed by atoms with Crippen molar-refractivity contribution in [2.45, 2.75) is 58.8 Å². The van der Waals surface area contributed by atoms with Crippen molar-refractivity contribution in [2.24, 2.45) is 5.92 Å². The first-order valence-electron chi connectivity index (χ1n) is 13.2. The standard InChI is InChI=1S/C31H40O7/c1-23(2)30(33)37-21-9-5-7-19-35-27-15-11-25(12-16-27)29(32)26-13-17-28(18-14-26)36-20-8-6-10-22-38-31(34)24(3)4/h11-13,15-18,26H,1,3,5-10,14,19-22H2,2,4H3. The van der Waals surface area contributed by atoms with Gasteiger partial charge in [-0.25, -0.2) is 9.59 Å². The van der Waals surface area contributed by atoms with Gasteiger partial charge in [-0.2, -0.15) is 0 Å². The van der Waals surface area contributed by atoms with Crippen LogP contribution in [0.5, 0.6) is 5.75 Å². The smallest absolute Gasteiger partial charge is 0.333 e. The molecule has 7 heteroatoms. The number of allylic oxidation sites excluding steroid dienone is 3. The van der Waals surface area contributed by atoms with Gasteiger partial charge >= 0.3 is 11.9 Å². The molecule has 1 atom stereocenters. The second-order valence-electron chi connectivity index (χ2n) is 9.35. The quantitative estimate of drug-likeness (QED) is 0.0963. The van der Waals surface area contributed by atoms with Crippen molar-refractivity contribution in [3.8, 4) is 5.75 Å². The summed E-state index contributed by atoms with van der Waals surface area (Å²) in [5, 5.41) is 0. The van der Waals surface area contributed by atoms with Crippen molar-refractivity contribution in [2.75, 3.05) is 26.4 Å². The summed E-state index contributed by atoms with van der Waals surface area (Å²) in [4.78, 5) is 35.5. The molecular weight excluding hydrogens is 484 g/mol. The molecule has 206 valence electrons. The highest BCUT2D eigenvalue weighted by atomic mass is 16.5. The molecule has 0 aromatic heterocycles. The van der Waals surface area contributed by atoms with Crippen LogP contribution in [0.15, 0.2) is 72.6 Å². The van der Waals surface area contributed by atoms with E-state index >= 15 is 0 Å². The van der Waals surface area contributed by atoms with E-state index in [1.165, 1.54) is 0 Å². The van der Waals surface area contributed by atoms with Crippen molar-refractivity contribution >= 4 is 17.7 Å². The van der Waals surface area contributed by atoms with E-state index in [0.29, 0.717) is 49.6 Å². The summed E-state index contributed by atoms with van der Waals surface area (Å²) in [6.45, 7) is 12.3. The predicted octanol–water partition coefficient (Wildman–Crippen LogP) is 6.30.